The zero-order chi connectivity index (χ0) is 17.6. The first-order chi connectivity index (χ1) is 12.0. The van der Waals surface area contributed by atoms with Gasteiger partial charge in [0, 0.05) is 43.6 Å². The van der Waals surface area contributed by atoms with Gasteiger partial charge in [-0.25, -0.2) is 9.50 Å². The Morgan fingerprint density at radius 3 is 2.60 bits per heavy atom. The van der Waals surface area contributed by atoms with Gasteiger partial charge in [0.25, 0.3) is 11.7 Å². The number of fused-ring (bicyclic) bond motifs is 1. The molecule has 0 spiro atoms. The molecule has 134 valence electrons. The Kier molecular flexibility index (Phi) is 4.16. The van der Waals surface area contributed by atoms with Crippen LogP contribution in [0.4, 0.5) is 0 Å². The third-order valence-corrected chi connectivity index (χ3v) is 5.32. The minimum absolute atomic E-state index is 0.144. The van der Waals surface area contributed by atoms with Crippen LogP contribution in [-0.2, 0) is 0 Å². The first-order valence-electron chi connectivity index (χ1n) is 8.95. The summed E-state index contributed by atoms with van der Waals surface area (Å²) in [6.45, 7) is 6.69. The number of piperazine rings is 1. The van der Waals surface area contributed by atoms with E-state index in [0.717, 1.165) is 43.7 Å². The quantitative estimate of drug-likeness (QED) is 0.849. The van der Waals surface area contributed by atoms with Crippen LogP contribution < -0.4 is 0 Å². The van der Waals surface area contributed by atoms with E-state index in [0.29, 0.717) is 18.9 Å². The lowest BCUT2D eigenvalue weighted by Gasteiger charge is -2.38. The fourth-order valence-corrected chi connectivity index (χ4v) is 4.00. The van der Waals surface area contributed by atoms with Gasteiger partial charge in [-0.05, 0) is 39.2 Å². The summed E-state index contributed by atoms with van der Waals surface area (Å²) in [5.41, 5.74) is 1.77. The number of aryl methyl sites for hydroxylation is 2. The van der Waals surface area contributed by atoms with Gasteiger partial charge in [-0.3, -0.25) is 9.69 Å². The first-order valence-corrected chi connectivity index (χ1v) is 8.95. The second kappa shape index (κ2) is 6.34. The Morgan fingerprint density at radius 1 is 1.16 bits per heavy atom. The zero-order valence-corrected chi connectivity index (χ0v) is 14.7. The molecule has 0 bridgehead atoms. The number of amides is 1. The Bertz CT molecular complexity index is 796. The minimum Gasteiger partial charge on any atom is -0.391 e. The molecular formula is C17H24N6O2. The number of hydrogen-bond donors (Lipinski definition) is 1. The van der Waals surface area contributed by atoms with E-state index in [1.54, 1.807) is 9.42 Å². The van der Waals surface area contributed by atoms with Crippen molar-refractivity contribution >= 4 is 11.7 Å². The van der Waals surface area contributed by atoms with E-state index in [-0.39, 0.29) is 23.9 Å². The van der Waals surface area contributed by atoms with Crippen LogP contribution in [0.15, 0.2) is 6.07 Å². The molecule has 2 aliphatic rings. The number of rotatable bonds is 2. The largest absolute Gasteiger partial charge is 0.391 e. The summed E-state index contributed by atoms with van der Waals surface area (Å²) in [5, 5.41) is 14.4. The molecule has 2 aromatic heterocycles. The fourth-order valence-electron chi connectivity index (χ4n) is 4.00. The molecule has 0 radical (unpaired) electrons. The van der Waals surface area contributed by atoms with Gasteiger partial charge in [0.05, 0.1) is 6.10 Å². The van der Waals surface area contributed by atoms with Crippen molar-refractivity contribution in [2.24, 2.45) is 0 Å². The molecular weight excluding hydrogens is 320 g/mol. The summed E-state index contributed by atoms with van der Waals surface area (Å²) in [6, 6.07) is 2.17. The molecule has 1 aliphatic heterocycles. The van der Waals surface area contributed by atoms with Gasteiger partial charge >= 0.3 is 0 Å². The number of hydrogen-bond acceptors (Lipinski definition) is 6. The standard InChI is InChI=1S/C17H24N6O2/c1-11-10-12(2)23-17(18-11)19-15(20-23)16(25)22-8-6-21(7-9-22)13-4-3-5-14(13)24/h10,13-14,24H,3-9H2,1-2H3/t13-,14+/m0/s1. The molecule has 0 aromatic carbocycles. The van der Waals surface area contributed by atoms with Crippen LogP contribution >= 0.6 is 0 Å². The fraction of sp³-hybridized carbons (Fsp3) is 0.647. The maximum absolute atomic E-state index is 12.7. The highest BCUT2D eigenvalue weighted by atomic mass is 16.3. The predicted molar refractivity (Wildman–Crippen MR) is 91.4 cm³/mol. The number of aliphatic hydroxyl groups excluding tert-OH is 1. The van der Waals surface area contributed by atoms with Crippen molar-refractivity contribution < 1.29 is 9.90 Å². The summed E-state index contributed by atoms with van der Waals surface area (Å²) >= 11 is 0. The first kappa shape index (κ1) is 16.4. The van der Waals surface area contributed by atoms with Crippen molar-refractivity contribution in [1.82, 2.24) is 29.4 Å². The second-order valence-electron chi connectivity index (χ2n) is 7.08. The topological polar surface area (TPSA) is 86.9 Å². The lowest BCUT2D eigenvalue weighted by Crippen LogP contribution is -2.53. The van der Waals surface area contributed by atoms with Crippen LogP contribution in [0.1, 0.15) is 41.3 Å². The van der Waals surface area contributed by atoms with Gasteiger partial charge in [-0.1, -0.05) is 0 Å². The monoisotopic (exact) mass is 344 g/mol. The molecule has 0 unspecified atom stereocenters. The minimum atomic E-state index is -0.223. The van der Waals surface area contributed by atoms with Crippen molar-refractivity contribution in [3.8, 4) is 0 Å². The average Bonchev–Trinajstić information content (AvgIpc) is 3.20. The maximum Gasteiger partial charge on any atom is 0.293 e. The highest BCUT2D eigenvalue weighted by Crippen LogP contribution is 2.25. The van der Waals surface area contributed by atoms with Gasteiger partial charge in [0.15, 0.2) is 0 Å². The summed E-state index contributed by atoms with van der Waals surface area (Å²) in [4.78, 5) is 25.5. The number of aliphatic hydroxyl groups is 1. The molecule has 1 N–H and O–H groups in total. The normalized spacial score (nSPS) is 25.0. The van der Waals surface area contributed by atoms with Gasteiger partial charge in [-0.15, -0.1) is 5.10 Å². The van der Waals surface area contributed by atoms with Gasteiger partial charge < -0.3 is 10.0 Å². The van der Waals surface area contributed by atoms with Crippen molar-refractivity contribution in [3.05, 3.63) is 23.3 Å². The number of carbonyl (C=O) groups excluding carboxylic acids is 1. The van der Waals surface area contributed by atoms with Crippen molar-refractivity contribution in [3.63, 3.8) is 0 Å². The number of aromatic nitrogens is 4. The van der Waals surface area contributed by atoms with Gasteiger partial charge in [0.2, 0.25) is 5.82 Å². The molecule has 8 nitrogen and oxygen atoms in total. The predicted octanol–water partition coefficient (Wildman–Crippen LogP) is 0.412. The van der Waals surface area contributed by atoms with Crippen molar-refractivity contribution in [2.45, 2.75) is 45.3 Å². The SMILES string of the molecule is Cc1cc(C)n2nc(C(=O)N3CCN([C@H]4CCC[C@H]4O)CC3)nc2n1. The number of nitrogens with zero attached hydrogens (tertiary/aromatic N) is 6. The molecule has 2 atom stereocenters. The summed E-state index contributed by atoms with van der Waals surface area (Å²) in [6.07, 6.45) is 2.80. The van der Waals surface area contributed by atoms with Crippen molar-refractivity contribution in [2.75, 3.05) is 26.2 Å². The van der Waals surface area contributed by atoms with E-state index < -0.39 is 0 Å². The van der Waals surface area contributed by atoms with E-state index >= 15 is 0 Å². The molecule has 8 heteroatoms. The van der Waals surface area contributed by atoms with E-state index in [4.69, 9.17) is 0 Å². The van der Waals surface area contributed by atoms with Crippen molar-refractivity contribution in [1.29, 1.82) is 0 Å². The maximum atomic E-state index is 12.7. The lowest BCUT2D eigenvalue weighted by atomic mass is 10.1. The molecule has 2 fully saturated rings. The van der Waals surface area contributed by atoms with Crippen LogP contribution in [0, 0.1) is 13.8 Å². The van der Waals surface area contributed by atoms with E-state index in [1.165, 1.54) is 0 Å². The summed E-state index contributed by atoms with van der Waals surface area (Å²) in [7, 11) is 0. The molecule has 3 heterocycles. The zero-order valence-electron chi connectivity index (χ0n) is 14.7. The molecule has 1 aliphatic carbocycles. The Hall–Kier alpha value is -2.06. The third kappa shape index (κ3) is 3.00. The average molecular weight is 344 g/mol. The molecule has 1 saturated heterocycles. The Balaban J connectivity index is 1.46. The highest BCUT2D eigenvalue weighted by Gasteiger charge is 2.34. The van der Waals surface area contributed by atoms with Crippen LogP contribution in [-0.4, -0.2) is 78.7 Å². The van der Waals surface area contributed by atoms with Crippen LogP contribution in [0.2, 0.25) is 0 Å². The molecule has 25 heavy (non-hydrogen) atoms. The molecule has 4 rings (SSSR count). The van der Waals surface area contributed by atoms with Gasteiger partial charge in [-0.2, -0.15) is 4.98 Å². The molecule has 1 amide bonds. The summed E-state index contributed by atoms with van der Waals surface area (Å²) < 4.78 is 1.62. The van der Waals surface area contributed by atoms with Crippen LogP contribution in [0.5, 0.6) is 0 Å². The second-order valence-corrected chi connectivity index (χ2v) is 7.08. The van der Waals surface area contributed by atoms with Crippen LogP contribution in [0.25, 0.3) is 5.78 Å². The third-order valence-electron chi connectivity index (χ3n) is 5.32. The van der Waals surface area contributed by atoms with E-state index in [2.05, 4.69) is 20.0 Å². The highest BCUT2D eigenvalue weighted by molar-refractivity contribution is 5.91. The van der Waals surface area contributed by atoms with E-state index in [9.17, 15) is 9.90 Å². The summed E-state index contributed by atoms with van der Waals surface area (Å²) in [5.74, 6) is 0.526. The Labute approximate surface area is 146 Å². The molecule has 2 aromatic rings. The smallest absolute Gasteiger partial charge is 0.293 e. The van der Waals surface area contributed by atoms with Gasteiger partial charge in [0.1, 0.15) is 0 Å². The number of carbonyl (C=O) groups is 1. The van der Waals surface area contributed by atoms with Crippen LogP contribution in [0.3, 0.4) is 0 Å². The Morgan fingerprint density at radius 2 is 1.92 bits per heavy atom. The molecule has 1 saturated carbocycles. The van der Waals surface area contributed by atoms with E-state index in [1.807, 2.05) is 19.9 Å². The lowest BCUT2D eigenvalue weighted by molar-refractivity contribution is 0.0310.